The minimum absolute atomic E-state index is 0.232. The van der Waals surface area contributed by atoms with Crippen molar-refractivity contribution in [3.63, 3.8) is 0 Å². The largest absolute Gasteiger partial charge is 0.500 e. The average molecular weight is 332 g/mol. The van der Waals surface area contributed by atoms with Gasteiger partial charge >= 0.3 is 0 Å². The molecule has 5 nitrogen and oxygen atoms in total. The van der Waals surface area contributed by atoms with Crippen LogP contribution in [0.1, 0.15) is 45.4 Å². The second-order valence-electron chi connectivity index (χ2n) is 6.17. The summed E-state index contributed by atoms with van der Waals surface area (Å²) >= 11 is 0. The van der Waals surface area contributed by atoms with E-state index in [1.807, 2.05) is 18.2 Å². The van der Waals surface area contributed by atoms with Gasteiger partial charge in [-0.05, 0) is 24.6 Å². The minimum Gasteiger partial charge on any atom is -0.500 e. The molecule has 0 aliphatic carbocycles. The van der Waals surface area contributed by atoms with Gasteiger partial charge in [-0.15, -0.1) is 0 Å². The van der Waals surface area contributed by atoms with E-state index in [9.17, 15) is 9.90 Å². The monoisotopic (exact) mass is 332 g/mol. The van der Waals surface area contributed by atoms with E-state index in [4.69, 9.17) is 4.74 Å². The Labute approximate surface area is 143 Å². The maximum absolute atomic E-state index is 12.1. The highest BCUT2D eigenvalue weighted by Crippen LogP contribution is 2.32. The molecule has 132 valence electrons. The molecule has 0 radical (unpaired) electrons. The zero-order valence-corrected chi connectivity index (χ0v) is 14.9. The number of hydrogen-bond acceptors (Lipinski definition) is 4. The lowest BCUT2D eigenvalue weighted by Crippen LogP contribution is -2.17. The fraction of sp³-hybridized carbons (Fsp3) is 0.526. The highest BCUT2D eigenvalue weighted by atomic mass is 16.5. The Bertz CT molecular complexity index is 737. The van der Waals surface area contributed by atoms with Gasteiger partial charge in [-0.2, -0.15) is 0 Å². The average Bonchev–Trinajstić information content (AvgIpc) is 2.60. The number of aromatic nitrogens is 1. The molecule has 1 heterocycles. The predicted molar refractivity (Wildman–Crippen MR) is 99.3 cm³/mol. The smallest absolute Gasteiger partial charge is 0.296 e. The number of hydrogen-bond donors (Lipinski definition) is 2. The number of benzene rings is 1. The van der Waals surface area contributed by atoms with Gasteiger partial charge in [0.2, 0.25) is 5.75 Å². The number of rotatable bonds is 9. The first-order valence-corrected chi connectivity index (χ1v) is 8.73. The Morgan fingerprint density at radius 2 is 1.88 bits per heavy atom. The molecule has 0 aliphatic heterocycles. The van der Waals surface area contributed by atoms with Gasteiger partial charge in [0.05, 0.1) is 12.6 Å². The van der Waals surface area contributed by atoms with Crippen LogP contribution in [-0.2, 0) is 7.05 Å². The number of ether oxygens (including phenoxy) is 1. The number of aryl methyl sites for hydroxylation is 1. The van der Waals surface area contributed by atoms with Gasteiger partial charge in [-0.3, -0.25) is 4.79 Å². The maximum Gasteiger partial charge on any atom is 0.296 e. The van der Waals surface area contributed by atoms with Crippen molar-refractivity contribution in [3.05, 3.63) is 28.6 Å². The van der Waals surface area contributed by atoms with E-state index in [2.05, 4.69) is 12.2 Å². The molecule has 1 aromatic carbocycles. The van der Waals surface area contributed by atoms with Gasteiger partial charge in [0, 0.05) is 24.7 Å². The number of nitrogens with zero attached hydrogens (tertiary/aromatic N) is 1. The van der Waals surface area contributed by atoms with Gasteiger partial charge < -0.3 is 19.7 Å². The lowest BCUT2D eigenvalue weighted by Gasteiger charge is -2.13. The third kappa shape index (κ3) is 4.02. The maximum atomic E-state index is 12.1. The highest BCUT2D eigenvalue weighted by molar-refractivity contribution is 5.90. The Balaban J connectivity index is 2.07. The van der Waals surface area contributed by atoms with E-state index in [1.54, 1.807) is 7.05 Å². The molecule has 2 aromatic rings. The van der Waals surface area contributed by atoms with E-state index in [-0.39, 0.29) is 11.5 Å². The topological polar surface area (TPSA) is 63.5 Å². The first-order chi connectivity index (χ1) is 11.6. The van der Waals surface area contributed by atoms with E-state index < -0.39 is 5.56 Å². The molecule has 0 bridgehead atoms. The number of unbranched alkanes of at least 4 members (excludes halogenated alkanes) is 5. The molecule has 0 saturated heterocycles. The van der Waals surface area contributed by atoms with Crippen molar-refractivity contribution in [2.45, 2.75) is 45.4 Å². The highest BCUT2D eigenvalue weighted by Gasteiger charge is 2.15. The molecule has 2 rings (SSSR count). The Morgan fingerprint density at radius 1 is 1.17 bits per heavy atom. The van der Waals surface area contributed by atoms with Crippen LogP contribution in [0.4, 0.5) is 5.69 Å². The van der Waals surface area contributed by atoms with Gasteiger partial charge in [-0.1, -0.05) is 39.0 Å². The van der Waals surface area contributed by atoms with E-state index >= 15 is 0 Å². The molecule has 0 amide bonds. The van der Waals surface area contributed by atoms with Crippen LogP contribution in [0.5, 0.6) is 11.5 Å². The van der Waals surface area contributed by atoms with Crippen LogP contribution >= 0.6 is 0 Å². The molecule has 0 atom stereocenters. The van der Waals surface area contributed by atoms with Gasteiger partial charge in [0.25, 0.3) is 5.56 Å². The summed E-state index contributed by atoms with van der Waals surface area (Å²) in [6, 6.07) is 5.75. The van der Waals surface area contributed by atoms with Crippen molar-refractivity contribution in [2.75, 3.05) is 19.0 Å². The number of fused-ring (bicyclic) bond motifs is 1. The third-order valence-corrected chi connectivity index (χ3v) is 4.39. The fourth-order valence-electron chi connectivity index (χ4n) is 2.95. The van der Waals surface area contributed by atoms with Crippen molar-refractivity contribution in [1.82, 2.24) is 4.57 Å². The predicted octanol–water partition coefficient (Wildman–Crippen LogP) is 4.03. The van der Waals surface area contributed by atoms with Crippen molar-refractivity contribution >= 4 is 16.6 Å². The fourth-order valence-corrected chi connectivity index (χ4v) is 2.95. The van der Waals surface area contributed by atoms with Crippen LogP contribution in [0.15, 0.2) is 23.0 Å². The van der Waals surface area contributed by atoms with Crippen LogP contribution in [0.3, 0.4) is 0 Å². The summed E-state index contributed by atoms with van der Waals surface area (Å²) < 4.78 is 6.64. The zero-order chi connectivity index (χ0) is 17.5. The number of anilines is 1. The molecule has 2 N–H and O–H groups in total. The minimum atomic E-state index is -0.451. The molecule has 0 saturated carbocycles. The summed E-state index contributed by atoms with van der Waals surface area (Å²) in [7, 11) is 3.11. The van der Waals surface area contributed by atoms with Crippen molar-refractivity contribution < 1.29 is 9.84 Å². The van der Waals surface area contributed by atoms with Crippen LogP contribution < -0.4 is 15.6 Å². The standard InChI is InChI=1S/C19H28N2O3/c1-4-5-6-7-8-9-12-20-14-10-11-15-16(13-14)21(2)19(23)17(22)18(15)24-3/h10-11,13,20,22H,4-9,12H2,1-3H3. The second-order valence-corrected chi connectivity index (χ2v) is 6.17. The molecule has 0 fully saturated rings. The summed E-state index contributed by atoms with van der Waals surface area (Å²) in [5, 5.41) is 14.1. The number of aromatic hydroxyl groups is 1. The van der Waals surface area contributed by atoms with Crippen molar-refractivity contribution in [3.8, 4) is 11.5 Å². The van der Waals surface area contributed by atoms with Crippen LogP contribution in [-0.4, -0.2) is 23.3 Å². The summed E-state index contributed by atoms with van der Waals surface area (Å²) in [5.74, 6) is -0.115. The van der Waals surface area contributed by atoms with E-state index in [1.165, 1.54) is 43.8 Å². The Hall–Kier alpha value is -2.17. The number of pyridine rings is 1. The molecule has 0 unspecified atom stereocenters. The van der Waals surface area contributed by atoms with Gasteiger partial charge in [0.1, 0.15) is 0 Å². The molecular weight excluding hydrogens is 304 g/mol. The molecule has 5 heteroatoms. The Morgan fingerprint density at radius 3 is 2.58 bits per heavy atom. The van der Waals surface area contributed by atoms with Crippen molar-refractivity contribution in [1.29, 1.82) is 0 Å². The molecule has 0 spiro atoms. The molecule has 0 aliphatic rings. The lowest BCUT2D eigenvalue weighted by molar-refractivity contribution is 0.372. The molecule has 1 aromatic heterocycles. The summed E-state index contributed by atoms with van der Waals surface area (Å²) in [4.78, 5) is 12.1. The molecule has 24 heavy (non-hydrogen) atoms. The Kier molecular flexibility index (Phi) is 6.53. The normalized spacial score (nSPS) is 11.0. The summed E-state index contributed by atoms with van der Waals surface area (Å²) in [6.07, 6.45) is 7.57. The summed E-state index contributed by atoms with van der Waals surface area (Å²) in [5.41, 5.74) is 1.26. The summed E-state index contributed by atoms with van der Waals surface area (Å²) in [6.45, 7) is 3.14. The van der Waals surface area contributed by atoms with Crippen LogP contribution in [0.2, 0.25) is 0 Å². The van der Waals surface area contributed by atoms with Gasteiger partial charge in [0.15, 0.2) is 5.75 Å². The quantitative estimate of drug-likeness (QED) is 0.681. The van der Waals surface area contributed by atoms with Crippen LogP contribution in [0, 0.1) is 0 Å². The first-order valence-electron chi connectivity index (χ1n) is 8.73. The number of nitrogens with one attached hydrogen (secondary N) is 1. The SMILES string of the molecule is CCCCCCCCNc1ccc2c(OC)c(O)c(=O)n(C)c2c1. The molecular formula is C19H28N2O3. The first kappa shape index (κ1) is 18.2. The van der Waals surface area contributed by atoms with Crippen LogP contribution in [0.25, 0.3) is 10.9 Å². The van der Waals surface area contributed by atoms with Gasteiger partial charge in [-0.25, -0.2) is 0 Å². The lowest BCUT2D eigenvalue weighted by atomic mass is 10.1. The third-order valence-electron chi connectivity index (χ3n) is 4.39. The van der Waals surface area contributed by atoms with E-state index in [0.29, 0.717) is 0 Å². The second kappa shape index (κ2) is 8.62. The van der Waals surface area contributed by atoms with Crippen molar-refractivity contribution in [2.24, 2.45) is 7.05 Å². The number of methoxy groups -OCH3 is 1. The zero-order valence-electron chi connectivity index (χ0n) is 14.9. The van der Waals surface area contributed by atoms with E-state index in [0.717, 1.165) is 29.6 Å².